The Morgan fingerprint density at radius 1 is 1.18 bits per heavy atom. The molecule has 2 rings (SSSR count). The van der Waals surface area contributed by atoms with Gasteiger partial charge in [0.1, 0.15) is 0 Å². The van der Waals surface area contributed by atoms with Crippen LogP contribution in [-0.2, 0) is 11.3 Å². The third-order valence-corrected chi connectivity index (χ3v) is 3.64. The summed E-state index contributed by atoms with van der Waals surface area (Å²) in [6, 6.07) is 5.40. The second-order valence-corrected chi connectivity index (χ2v) is 4.98. The zero-order chi connectivity index (χ0) is 15.9. The number of piperazine rings is 1. The Balaban J connectivity index is 1.87. The van der Waals surface area contributed by atoms with Crippen molar-refractivity contribution in [2.75, 3.05) is 40.4 Å². The number of ether oxygens (including phenoxy) is 2. The summed E-state index contributed by atoms with van der Waals surface area (Å²) in [6.45, 7) is 2.67. The molecule has 1 aromatic rings. The Bertz CT molecular complexity index is 528. The van der Waals surface area contributed by atoms with Crippen LogP contribution in [-0.4, -0.2) is 62.6 Å². The highest BCUT2D eigenvalue weighted by Crippen LogP contribution is 2.27. The molecule has 1 N–H and O–H groups in total. The van der Waals surface area contributed by atoms with Gasteiger partial charge in [-0.25, -0.2) is 4.79 Å². The van der Waals surface area contributed by atoms with Crippen molar-refractivity contribution in [3.63, 3.8) is 0 Å². The molecule has 1 fully saturated rings. The van der Waals surface area contributed by atoms with Gasteiger partial charge in [0.2, 0.25) is 6.41 Å². The minimum absolute atomic E-state index is 0.125. The van der Waals surface area contributed by atoms with Gasteiger partial charge in [0.15, 0.2) is 11.5 Å². The van der Waals surface area contributed by atoms with Gasteiger partial charge in [-0.1, -0.05) is 6.07 Å². The summed E-state index contributed by atoms with van der Waals surface area (Å²) in [7, 11) is 3.16. The molecule has 0 radical (unpaired) electrons. The maximum atomic E-state index is 12.1. The van der Waals surface area contributed by atoms with Gasteiger partial charge in [0.25, 0.3) is 0 Å². The van der Waals surface area contributed by atoms with Gasteiger partial charge >= 0.3 is 6.03 Å². The van der Waals surface area contributed by atoms with Crippen LogP contribution < -0.4 is 14.8 Å². The zero-order valence-corrected chi connectivity index (χ0v) is 12.9. The minimum atomic E-state index is -0.125. The summed E-state index contributed by atoms with van der Waals surface area (Å²) in [5, 5.41) is 2.87. The number of nitrogens with zero attached hydrogens (tertiary/aromatic N) is 2. The summed E-state index contributed by atoms with van der Waals surface area (Å²) >= 11 is 0. The fourth-order valence-corrected chi connectivity index (χ4v) is 2.31. The van der Waals surface area contributed by atoms with Gasteiger partial charge in [0.05, 0.1) is 14.2 Å². The van der Waals surface area contributed by atoms with E-state index < -0.39 is 0 Å². The third-order valence-electron chi connectivity index (χ3n) is 3.64. The number of carbonyl (C=O) groups excluding carboxylic acids is 2. The van der Waals surface area contributed by atoms with Gasteiger partial charge in [-0.05, 0) is 17.7 Å². The molecular weight excluding hydrogens is 286 g/mol. The van der Waals surface area contributed by atoms with Crippen molar-refractivity contribution >= 4 is 12.4 Å². The van der Waals surface area contributed by atoms with Crippen LogP contribution in [0.15, 0.2) is 18.2 Å². The van der Waals surface area contributed by atoms with Crippen LogP contribution in [0.3, 0.4) is 0 Å². The minimum Gasteiger partial charge on any atom is -0.493 e. The molecule has 0 aliphatic carbocycles. The smallest absolute Gasteiger partial charge is 0.317 e. The number of benzene rings is 1. The molecule has 0 aromatic heterocycles. The molecular formula is C15H21N3O4. The molecule has 1 saturated heterocycles. The van der Waals surface area contributed by atoms with E-state index in [2.05, 4.69) is 5.32 Å². The highest BCUT2D eigenvalue weighted by Gasteiger charge is 2.19. The lowest BCUT2D eigenvalue weighted by atomic mass is 10.2. The zero-order valence-electron chi connectivity index (χ0n) is 12.9. The average Bonchev–Trinajstić information content (AvgIpc) is 2.59. The molecule has 22 heavy (non-hydrogen) atoms. The predicted molar refractivity (Wildman–Crippen MR) is 81.0 cm³/mol. The van der Waals surface area contributed by atoms with Gasteiger partial charge < -0.3 is 24.6 Å². The lowest BCUT2D eigenvalue weighted by molar-refractivity contribution is -0.119. The second-order valence-electron chi connectivity index (χ2n) is 4.98. The summed E-state index contributed by atoms with van der Waals surface area (Å²) < 4.78 is 10.4. The topological polar surface area (TPSA) is 71.1 Å². The van der Waals surface area contributed by atoms with Crippen molar-refractivity contribution in [1.29, 1.82) is 0 Å². The first-order valence-corrected chi connectivity index (χ1v) is 7.11. The Kier molecular flexibility index (Phi) is 5.46. The van der Waals surface area contributed by atoms with Crippen LogP contribution in [0.2, 0.25) is 0 Å². The average molecular weight is 307 g/mol. The molecule has 0 spiro atoms. The molecule has 0 saturated carbocycles. The lowest BCUT2D eigenvalue weighted by Crippen LogP contribution is -2.51. The van der Waals surface area contributed by atoms with Gasteiger partial charge in [-0.15, -0.1) is 0 Å². The van der Waals surface area contributed by atoms with Crippen molar-refractivity contribution in [3.8, 4) is 11.5 Å². The molecule has 0 bridgehead atoms. The maximum absolute atomic E-state index is 12.1. The number of urea groups is 1. The highest BCUT2D eigenvalue weighted by atomic mass is 16.5. The molecule has 1 aromatic carbocycles. The summed E-state index contributed by atoms with van der Waals surface area (Å²) in [4.78, 5) is 26.1. The number of rotatable bonds is 5. The fourth-order valence-electron chi connectivity index (χ4n) is 2.31. The van der Waals surface area contributed by atoms with E-state index in [1.807, 2.05) is 18.2 Å². The molecule has 1 aliphatic rings. The number of hydrogen-bond donors (Lipinski definition) is 1. The lowest BCUT2D eigenvalue weighted by Gasteiger charge is -2.32. The van der Waals surface area contributed by atoms with E-state index in [0.717, 1.165) is 12.0 Å². The highest BCUT2D eigenvalue weighted by molar-refractivity contribution is 5.74. The molecule has 0 atom stereocenters. The summed E-state index contributed by atoms with van der Waals surface area (Å²) in [6.07, 6.45) is 0.818. The molecule has 0 unspecified atom stereocenters. The summed E-state index contributed by atoms with van der Waals surface area (Å²) in [5.41, 5.74) is 0.928. The standard InChI is InChI=1S/C15H21N3O4/c1-21-13-4-3-12(9-14(13)22-2)10-16-15(20)18-7-5-17(11-19)6-8-18/h3-4,9,11H,5-8,10H2,1-2H3,(H,16,20). The van der Waals surface area contributed by atoms with E-state index in [4.69, 9.17) is 9.47 Å². The molecule has 7 nitrogen and oxygen atoms in total. The molecule has 120 valence electrons. The predicted octanol–water partition coefficient (Wildman–Crippen LogP) is 0.687. The van der Waals surface area contributed by atoms with Gasteiger partial charge in [-0.3, -0.25) is 4.79 Å². The first kappa shape index (κ1) is 15.9. The van der Waals surface area contributed by atoms with Crippen molar-refractivity contribution in [3.05, 3.63) is 23.8 Å². The van der Waals surface area contributed by atoms with Crippen LogP contribution in [0.25, 0.3) is 0 Å². The van der Waals surface area contributed by atoms with Crippen LogP contribution in [0, 0.1) is 0 Å². The van der Waals surface area contributed by atoms with Gasteiger partial charge in [0, 0.05) is 32.7 Å². The van der Waals surface area contributed by atoms with Crippen LogP contribution >= 0.6 is 0 Å². The Morgan fingerprint density at radius 3 is 2.45 bits per heavy atom. The Hall–Kier alpha value is -2.44. The van der Waals surface area contributed by atoms with Crippen molar-refractivity contribution in [2.45, 2.75) is 6.54 Å². The number of carbonyl (C=O) groups is 2. The number of methoxy groups -OCH3 is 2. The van der Waals surface area contributed by atoms with Crippen LogP contribution in [0.5, 0.6) is 11.5 Å². The van der Waals surface area contributed by atoms with E-state index >= 15 is 0 Å². The quantitative estimate of drug-likeness (QED) is 0.812. The molecule has 7 heteroatoms. The second kappa shape index (κ2) is 7.53. The molecule has 3 amide bonds. The first-order chi connectivity index (χ1) is 10.7. The number of hydrogen-bond acceptors (Lipinski definition) is 4. The van der Waals surface area contributed by atoms with Gasteiger partial charge in [-0.2, -0.15) is 0 Å². The van der Waals surface area contributed by atoms with E-state index in [0.29, 0.717) is 44.2 Å². The first-order valence-electron chi connectivity index (χ1n) is 7.11. The van der Waals surface area contributed by atoms with E-state index in [1.165, 1.54) is 0 Å². The number of nitrogens with one attached hydrogen (secondary N) is 1. The third kappa shape index (κ3) is 3.81. The molecule has 1 heterocycles. The van der Waals surface area contributed by atoms with Crippen LogP contribution in [0.4, 0.5) is 4.79 Å². The Labute approximate surface area is 129 Å². The van der Waals surface area contributed by atoms with Crippen molar-refractivity contribution in [2.24, 2.45) is 0 Å². The monoisotopic (exact) mass is 307 g/mol. The van der Waals surface area contributed by atoms with E-state index in [-0.39, 0.29) is 6.03 Å². The summed E-state index contributed by atoms with van der Waals surface area (Å²) in [5.74, 6) is 1.29. The Morgan fingerprint density at radius 2 is 1.86 bits per heavy atom. The van der Waals surface area contributed by atoms with Crippen LogP contribution in [0.1, 0.15) is 5.56 Å². The largest absolute Gasteiger partial charge is 0.493 e. The fraction of sp³-hybridized carbons (Fsp3) is 0.467. The van der Waals surface area contributed by atoms with Crippen molar-refractivity contribution < 1.29 is 19.1 Å². The van der Waals surface area contributed by atoms with Crippen molar-refractivity contribution in [1.82, 2.24) is 15.1 Å². The normalized spacial score (nSPS) is 14.5. The van der Waals surface area contributed by atoms with E-state index in [1.54, 1.807) is 24.0 Å². The maximum Gasteiger partial charge on any atom is 0.317 e. The SMILES string of the molecule is COc1ccc(CNC(=O)N2CCN(C=O)CC2)cc1OC. The number of amides is 3. The molecule has 1 aliphatic heterocycles. The van der Waals surface area contributed by atoms with E-state index in [9.17, 15) is 9.59 Å².